The molecule has 1 heterocycles. The minimum Gasteiger partial charge on any atom is -0.381 e. The first kappa shape index (κ1) is 21.8. The Hall–Kier alpha value is -1.93. The predicted octanol–water partition coefficient (Wildman–Crippen LogP) is 4.76. The second-order valence-electron chi connectivity index (χ2n) is 7.08. The van der Waals surface area contributed by atoms with Gasteiger partial charge >= 0.3 is 0 Å². The molecule has 1 aliphatic heterocycles. The number of benzene rings is 2. The summed E-state index contributed by atoms with van der Waals surface area (Å²) >= 11 is 1.49. The molecule has 2 aromatic carbocycles. The van der Waals surface area contributed by atoms with Gasteiger partial charge in [0, 0.05) is 49.9 Å². The lowest BCUT2D eigenvalue weighted by Gasteiger charge is -2.36. The smallest absolute Gasteiger partial charge is 0.240 e. The number of hydrogen-bond donors (Lipinski definition) is 1. The third-order valence-electron chi connectivity index (χ3n) is 5.05. The van der Waals surface area contributed by atoms with Crippen molar-refractivity contribution in [2.75, 3.05) is 20.3 Å². The summed E-state index contributed by atoms with van der Waals surface area (Å²) in [4.78, 5) is 18.1. The molecule has 1 amide bonds. The van der Waals surface area contributed by atoms with Crippen molar-refractivity contribution in [3.05, 3.63) is 59.4 Å². The minimum atomic E-state index is -0.504. The van der Waals surface area contributed by atoms with Gasteiger partial charge in [0.1, 0.15) is 11.9 Å². The number of hydroxylamine groups is 1. The second-order valence-corrected chi connectivity index (χ2v) is 8.22. The Kier molecular flexibility index (Phi) is 7.29. The first-order chi connectivity index (χ1) is 13.9. The van der Waals surface area contributed by atoms with E-state index in [0.717, 1.165) is 20.9 Å². The molecule has 7 heteroatoms. The zero-order valence-corrected chi connectivity index (χ0v) is 17.7. The summed E-state index contributed by atoms with van der Waals surface area (Å²) in [6.45, 7) is 4.46. The molecule has 0 bridgehead atoms. The fourth-order valence-corrected chi connectivity index (χ4v) is 4.28. The van der Waals surface area contributed by atoms with Crippen molar-refractivity contribution in [2.24, 2.45) is 0 Å². The maximum Gasteiger partial charge on any atom is 0.240 e. The van der Waals surface area contributed by atoms with E-state index in [2.05, 4.69) is 5.48 Å². The van der Waals surface area contributed by atoms with E-state index >= 15 is 0 Å². The lowest BCUT2D eigenvalue weighted by atomic mass is 9.86. The molecule has 0 aliphatic carbocycles. The molecule has 29 heavy (non-hydrogen) atoms. The Morgan fingerprint density at radius 1 is 1.17 bits per heavy atom. The molecule has 1 unspecified atom stereocenters. The summed E-state index contributed by atoms with van der Waals surface area (Å²) in [6, 6.07) is 12.9. The number of carbonyl (C=O) groups excluding carboxylic acids is 1. The van der Waals surface area contributed by atoms with Crippen molar-refractivity contribution in [2.45, 2.75) is 48.2 Å². The fraction of sp³-hybridized carbons (Fsp3) is 0.409. The molecule has 0 spiro atoms. The Morgan fingerprint density at radius 3 is 2.48 bits per heavy atom. The van der Waals surface area contributed by atoms with Crippen LogP contribution in [0.25, 0.3) is 0 Å². The Labute approximate surface area is 174 Å². The summed E-state index contributed by atoms with van der Waals surface area (Å²) in [5.41, 5.74) is 3.62. The normalized spacial score (nSPS) is 17.0. The average molecular weight is 420 g/mol. The van der Waals surface area contributed by atoms with Crippen molar-refractivity contribution in [3.63, 3.8) is 0 Å². The van der Waals surface area contributed by atoms with Crippen molar-refractivity contribution >= 4 is 17.7 Å². The van der Waals surface area contributed by atoms with Crippen LogP contribution in [0.4, 0.5) is 4.39 Å². The number of methoxy groups -OCH3 is 1. The summed E-state index contributed by atoms with van der Waals surface area (Å²) < 4.78 is 25.6. The van der Waals surface area contributed by atoms with Crippen LogP contribution in [0.2, 0.25) is 0 Å². The van der Waals surface area contributed by atoms with Gasteiger partial charge in [0.05, 0.1) is 5.60 Å². The summed E-state index contributed by atoms with van der Waals surface area (Å²) in [5.74, 6) is -0.522. The van der Waals surface area contributed by atoms with Gasteiger partial charge in [-0.15, -0.1) is 0 Å². The zero-order chi connectivity index (χ0) is 20.9. The van der Waals surface area contributed by atoms with Gasteiger partial charge in [-0.1, -0.05) is 23.9 Å². The third-order valence-corrected chi connectivity index (χ3v) is 6.03. The van der Waals surface area contributed by atoms with Gasteiger partial charge in [0.25, 0.3) is 0 Å². The van der Waals surface area contributed by atoms with Crippen molar-refractivity contribution in [1.82, 2.24) is 5.48 Å². The van der Waals surface area contributed by atoms with Crippen LogP contribution in [0.3, 0.4) is 0 Å². The van der Waals surface area contributed by atoms with Crippen LogP contribution in [0.5, 0.6) is 0 Å². The summed E-state index contributed by atoms with van der Waals surface area (Å²) in [6.07, 6.45) is 1.14. The zero-order valence-electron chi connectivity index (χ0n) is 16.9. The third kappa shape index (κ3) is 5.57. The van der Waals surface area contributed by atoms with E-state index < -0.39 is 5.60 Å². The predicted molar refractivity (Wildman–Crippen MR) is 109 cm³/mol. The molecule has 156 valence electrons. The molecule has 1 atom stereocenters. The van der Waals surface area contributed by atoms with Crippen LogP contribution < -0.4 is 5.48 Å². The molecule has 1 aliphatic rings. The van der Waals surface area contributed by atoms with Crippen molar-refractivity contribution in [1.29, 1.82) is 0 Å². The van der Waals surface area contributed by atoms with Gasteiger partial charge in [-0.05, 0) is 48.4 Å². The maximum atomic E-state index is 14.4. The lowest BCUT2D eigenvalue weighted by molar-refractivity contribution is -0.135. The molecule has 1 fully saturated rings. The largest absolute Gasteiger partial charge is 0.381 e. The number of rotatable bonds is 7. The topological polar surface area (TPSA) is 56.8 Å². The number of carbonyl (C=O) groups is 1. The van der Waals surface area contributed by atoms with E-state index in [4.69, 9.17) is 14.3 Å². The van der Waals surface area contributed by atoms with Crippen LogP contribution in [-0.2, 0) is 24.7 Å². The molecular weight excluding hydrogens is 393 g/mol. The molecule has 2 aromatic rings. The van der Waals surface area contributed by atoms with Gasteiger partial charge in [-0.3, -0.25) is 9.63 Å². The van der Waals surface area contributed by atoms with Crippen molar-refractivity contribution in [3.8, 4) is 0 Å². The van der Waals surface area contributed by atoms with Crippen LogP contribution in [0, 0.1) is 5.82 Å². The van der Waals surface area contributed by atoms with E-state index in [1.165, 1.54) is 24.8 Å². The standard InChI is InChI=1S/C22H26FNO4S/c1-15(28-24-16(2)25)17-4-6-20(7-5-17)29-21-13-18(12-19(23)14-21)22(26-3)8-10-27-11-9-22/h4-7,12-15H,8-11H2,1-3H3,(H,24,25). The fourth-order valence-electron chi connectivity index (χ4n) is 3.38. The molecule has 0 aromatic heterocycles. The van der Waals surface area contributed by atoms with E-state index in [1.807, 2.05) is 37.3 Å². The van der Waals surface area contributed by atoms with Gasteiger partial charge in [-0.25, -0.2) is 9.87 Å². The van der Waals surface area contributed by atoms with Crippen LogP contribution in [-0.4, -0.2) is 26.2 Å². The first-order valence-electron chi connectivity index (χ1n) is 9.56. The van der Waals surface area contributed by atoms with Gasteiger partial charge in [0.15, 0.2) is 0 Å². The number of halogens is 1. The minimum absolute atomic E-state index is 0.246. The summed E-state index contributed by atoms with van der Waals surface area (Å²) in [7, 11) is 1.67. The highest BCUT2D eigenvalue weighted by atomic mass is 32.2. The van der Waals surface area contributed by atoms with Crippen LogP contribution >= 0.6 is 11.8 Å². The highest BCUT2D eigenvalue weighted by molar-refractivity contribution is 7.99. The van der Waals surface area contributed by atoms with E-state index in [0.29, 0.717) is 26.1 Å². The highest BCUT2D eigenvalue weighted by Crippen LogP contribution is 2.39. The first-order valence-corrected chi connectivity index (χ1v) is 10.4. The Balaban J connectivity index is 1.75. The maximum absolute atomic E-state index is 14.4. The SMILES string of the molecule is COC1(c2cc(F)cc(Sc3ccc(C(C)ONC(C)=O)cc3)c2)CCOCC1. The quantitative estimate of drug-likeness (QED) is 0.656. The second kappa shape index (κ2) is 9.71. The molecule has 5 nitrogen and oxygen atoms in total. The molecule has 1 N–H and O–H groups in total. The Bertz CT molecular complexity index is 837. The molecular formula is C22H26FNO4S. The molecule has 3 rings (SSSR count). The number of amides is 1. The van der Waals surface area contributed by atoms with Gasteiger partial charge in [-0.2, -0.15) is 0 Å². The van der Waals surface area contributed by atoms with Crippen molar-refractivity contribution < 1.29 is 23.5 Å². The van der Waals surface area contributed by atoms with Crippen LogP contribution in [0.15, 0.2) is 52.3 Å². The molecule has 0 saturated carbocycles. The lowest BCUT2D eigenvalue weighted by Crippen LogP contribution is -2.35. The number of hydrogen-bond acceptors (Lipinski definition) is 5. The summed E-state index contributed by atoms with van der Waals surface area (Å²) in [5, 5.41) is 0. The van der Waals surface area contributed by atoms with Crippen LogP contribution in [0.1, 0.15) is 43.9 Å². The number of ether oxygens (including phenoxy) is 2. The number of nitrogens with one attached hydrogen (secondary N) is 1. The van der Waals surface area contributed by atoms with E-state index in [1.54, 1.807) is 13.2 Å². The monoisotopic (exact) mass is 419 g/mol. The Morgan fingerprint density at radius 2 is 1.86 bits per heavy atom. The van der Waals surface area contributed by atoms with E-state index in [9.17, 15) is 9.18 Å². The average Bonchev–Trinajstić information content (AvgIpc) is 2.72. The molecule has 0 radical (unpaired) electrons. The molecule has 1 saturated heterocycles. The van der Waals surface area contributed by atoms with Gasteiger partial charge < -0.3 is 9.47 Å². The van der Waals surface area contributed by atoms with E-state index in [-0.39, 0.29) is 17.8 Å². The van der Waals surface area contributed by atoms with Gasteiger partial charge in [0.2, 0.25) is 5.91 Å². The highest BCUT2D eigenvalue weighted by Gasteiger charge is 2.35.